The highest BCUT2D eigenvalue weighted by molar-refractivity contribution is 5.69. The molecule has 0 amide bonds. The third-order valence-electron chi connectivity index (χ3n) is 1.78. The largest absolute Gasteiger partial charge is 0.481 e. The third kappa shape index (κ3) is 8.02. The van der Waals surface area contributed by atoms with Crippen LogP contribution in [-0.4, -0.2) is 17.0 Å². The minimum Gasteiger partial charge on any atom is -0.481 e. The van der Waals surface area contributed by atoms with Gasteiger partial charge in [-0.1, -0.05) is 31.5 Å². The van der Waals surface area contributed by atoms with Gasteiger partial charge in [0, 0.05) is 6.92 Å². The van der Waals surface area contributed by atoms with Gasteiger partial charge in [-0.15, -0.1) is 0 Å². The van der Waals surface area contributed by atoms with Gasteiger partial charge in [-0.2, -0.15) is 0 Å². The van der Waals surface area contributed by atoms with E-state index in [1.165, 1.54) is 6.92 Å². The lowest BCUT2D eigenvalue weighted by Crippen LogP contribution is -2.03. The summed E-state index contributed by atoms with van der Waals surface area (Å²) in [5.41, 5.74) is 1.15. The number of carboxylic acid groups (broad SMARTS) is 1. The van der Waals surface area contributed by atoms with Crippen LogP contribution in [0.1, 0.15) is 26.3 Å². The minimum atomic E-state index is -0.741. The molecule has 1 rings (SSSR count). The Bertz CT molecular complexity index is 366. The number of carbonyl (C=O) groups excluding carboxylic acids is 1. The molecule has 0 saturated carbocycles. The number of esters is 1. The van der Waals surface area contributed by atoms with E-state index in [9.17, 15) is 9.59 Å². The van der Waals surface area contributed by atoms with Crippen molar-refractivity contribution in [1.82, 2.24) is 0 Å². The quantitative estimate of drug-likeness (QED) is 0.635. The third-order valence-corrected chi connectivity index (χ3v) is 1.78. The first-order valence-electron chi connectivity index (χ1n) is 5.30. The summed E-state index contributed by atoms with van der Waals surface area (Å²) in [6.07, 6.45) is 0. The van der Waals surface area contributed by atoms with Crippen LogP contribution in [0.15, 0.2) is 24.3 Å². The van der Waals surface area contributed by atoms with Crippen molar-refractivity contribution in [3.63, 3.8) is 0 Å². The second-order valence-corrected chi connectivity index (χ2v) is 3.90. The molecule has 0 radical (unpaired) electrons. The molecule has 17 heavy (non-hydrogen) atoms. The molecule has 4 nitrogen and oxygen atoms in total. The van der Waals surface area contributed by atoms with Crippen LogP contribution in [0, 0.1) is 12.8 Å². The lowest BCUT2D eigenvalue weighted by molar-refractivity contribution is -0.140. The number of hydrogen-bond acceptors (Lipinski definition) is 3. The monoisotopic (exact) mass is 238 g/mol. The van der Waals surface area contributed by atoms with Crippen LogP contribution in [-0.2, 0) is 9.59 Å². The summed E-state index contributed by atoms with van der Waals surface area (Å²) < 4.78 is 4.83. The van der Waals surface area contributed by atoms with Gasteiger partial charge in [0.15, 0.2) is 0 Å². The van der Waals surface area contributed by atoms with Crippen LogP contribution < -0.4 is 4.74 Å². The number of rotatable bonds is 2. The molecule has 0 aromatic heterocycles. The molecule has 0 bridgehead atoms. The SMILES string of the molecule is CC(=O)Oc1ccc(C)cc1.CC(C)C(=O)O. The summed E-state index contributed by atoms with van der Waals surface area (Å²) in [6, 6.07) is 7.35. The summed E-state index contributed by atoms with van der Waals surface area (Å²) >= 11 is 0. The molecule has 1 aromatic rings. The van der Waals surface area contributed by atoms with Gasteiger partial charge in [0.05, 0.1) is 5.92 Å². The summed E-state index contributed by atoms with van der Waals surface area (Å²) in [5.74, 6) is -0.656. The van der Waals surface area contributed by atoms with Crippen LogP contribution in [0.5, 0.6) is 5.75 Å². The minimum absolute atomic E-state index is 0.231. The molecule has 0 aliphatic carbocycles. The number of hydrogen-bond donors (Lipinski definition) is 1. The first-order valence-corrected chi connectivity index (χ1v) is 5.30. The van der Waals surface area contributed by atoms with Gasteiger partial charge in [0.1, 0.15) is 5.75 Å². The van der Waals surface area contributed by atoms with Crippen molar-refractivity contribution in [2.24, 2.45) is 5.92 Å². The Morgan fingerprint density at radius 1 is 1.18 bits per heavy atom. The van der Waals surface area contributed by atoms with E-state index in [-0.39, 0.29) is 11.9 Å². The number of benzene rings is 1. The Kier molecular flexibility index (Phi) is 6.63. The van der Waals surface area contributed by atoms with E-state index in [2.05, 4.69) is 0 Å². The predicted octanol–water partition coefficient (Wildman–Crippen LogP) is 2.65. The highest BCUT2D eigenvalue weighted by Gasteiger charge is 1.99. The van der Waals surface area contributed by atoms with Gasteiger partial charge in [-0.3, -0.25) is 9.59 Å². The molecular formula is C13H18O4. The molecule has 0 spiro atoms. The standard InChI is InChI=1S/C9H10O2.C4H8O2/c1-7-3-5-9(6-4-7)11-8(2)10;1-3(2)4(5)6/h3-6H,1-2H3;3H,1-2H3,(H,5,6). The highest BCUT2D eigenvalue weighted by atomic mass is 16.5. The van der Waals surface area contributed by atoms with Crippen molar-refractivity contribution >= 4 is 11.9 Å². The number of carboxylic acids is 1. The molecule has 1 N–H and O–H groups in total. The maximum Gasteiger partial charge on any atom is 0.308 e. The molecule has 0 heterocycles. The van der Waals surface area contributed by atoms with Crippen molar-refractivity contribution in [3.8, 4) is 5.75 Å². The Morgan fingerprint density at radius 2 is 1.59 bits per heavy atom. The highest BCUT2D eigenvalue weighted by Crippen LogP contribution is 2.10. The van der Waals surface area contributed by atoms with Gasteiger partial charge >= 0.3 is 11.9 Å². The zero-order chi connectivity index (χ0) is 13.4. The van der Waals surface area contributed by atoms with Crippen LogP contribution in [0.3, 0.4) is 0 Å². The van der Waals surface area contributed by atoms with Crippen molar-refractivity contribution in [2.45, 2.75) is 27.7 Å². The normalized spacial score (nSPS) is 9.24. The van der Waals surface area contributed by atoms with Gasteiger partial charge in [-0.05, 0) is 19.1 Å². The van der Waals surface area contributed by atoms with E-state index in [1.807, 2.05) is 19.1 Å². The molecule has 0 fully saturated rings. The molecule has 0 aliphatic rings. The Hall–Kier alpha value is -1.84. The molecule has 1 aromatic carbocycles. The lowest BCUT2D eigenvalue weighted by atomic mass is 10.2. The second kappa shape index (κ2) is 7.44. The number of carbonyl (C=O) groups is 2. The fourth-order valence-electron chi connectivity index (χ4n) is 0.772. The molecule has 4 heteroatoms. The second-order valence-electron chi connectivity index (χ2n) is 3.90. The fraction of sp³-hybridized carbons (Fsp3) is 0.385. The van der Waals surface area contributed by atoms with Crippen molar-refractivity contribution < 1.29 is 19.4 Å². The zero-order valence-electron chi connectivity index (χ0n) is 10.6. The van der Waals surface area contributed by atoms with Gasteiger partial charge < -0.3 is 9.84 Å². The first kappa shape index (κ1) is 15.2. The number of ether oxygens (including phenoxy) is 1. The molecule has 0 atom stereocenters. The maximum atomic E-state index is 10.5. The van der Waals surface area contributed by atoms with Crippen LogP contribution in [0.2, 0.25) is 0 Å². The average Bonchev–Trinajstić information content (AvgIpc) is 2.21. The Labute approximate surface area is 101 Å². The van der Waals surface area contributed by atoms with Crippen molar-refractivity contribution in [1.29, 1.82) is 0 Å². The van der Waals surface area contributed by atoms with Gasteiger partial charge in [0.25, 0.3) is 0 Å². The zero-order valence-corrected chi connectivity index (χ0v) is 10.6. The van der Waals surface area contributed by atoms with Gasteiger partial charge in [0.2, 0.25) is 0 Å². The Morgan fingerprint density at radius 3 is 1.88 bits per heavy atom. The lowest BCUT2D eigenvalue weighted by Gasteiger charge is -1.99. The number of aliphatic carboxylic acids is 1. The maximum absolute atomic E-state index is 10.5. The van der Waals surface area contributed by atoms with E-state index in [0.717, 1.165) is 5.56 Å². The molecule has 0 unspecified atom stereocenters. The smallest absolute Gasteiger partial charge is 0.308 e. The van der Waals surface area contributed by atoms with E-state index < -0.39 is 5.97 Å². The average molecular weight is 238 g/mol. The summed E-state index contributed by atoms with van der Waals surface area (Å²) in [6.45, 7) is 6.65. The predicted molar refractivity (Wildman–Crippen MR) is 65.0 cm³/mol. The van der Waals surface area contributed by atoms with Gasteiger partial charge in [-0.25, -0.2) is 0 Å². The van der Waals surface area contributed by atoms with Crippen molar-refractivity contribution in [3.05, 3.63) is 29.8 Å². The first-order chi connectivity index (χ1) is 7.82. The van der Waals surface area contributed by atoms with Crippen molar-refractivity contribution in [2.75, 3.05) is 0 Å². The summed E-state index contributed by atoms with van der Waals surface area (Å²) in [7, 11) is 0. The fourth-order valence-corrected chi connectivity index (χ4v) is 0.772. The van der Waals surface area contributed by atoms with E-state index in [0.29, 0.717) is 5.75 Å². The van der Waals surface area contributed by atoms with E-state index >= 15 is 0 Å². The Balaban J connectivity index is 0.000000366. The van der Waals surface area contributed by atoms with Crippen LogP contribution in [0.4, 0.5) is 0 Å². The van der Waals surface area contributed by atoms with Crippen LogP contribution in [0.25, 0.3) is 0 Å². The molecular weight excluding hydrogens is 220 g/mol. The summed E-state index contributed by atoms with van der Waals surface area (Å²) in [4.78, 5) is 20.2. The molecule has 0 aliphatic heterocycles. The topological polar surface area (TPSA) is 63.6 Å². The molecule has 0 saturated heterocycles. The number of aryl methyl sites for hydroxylation is 1. The van der Waals surface area contributed by atoms with E-state index in [1.54, 1.807) is 26.0 Å². The molecule has 94 valence electrons. The van der Waals surface area contributed by atoms with Crippen LogP contribution >= 0.6 is 0 Å². The van der Waals surface area contributed by atoms with E-state index in [4.69, 9.17) is 9.84 Å². The summed E-state index contributed by atoms with van der Waals surface area (Å²) in [5, 5.41) is 7.99.